The Balaban J connectivity index is 2.29. The minimum absolute atomic E-state index is 0.0329. The topological polar surface area (TPSA) is 76.1 Å². The number of nitrogens with zero attached hydrogens (tertiary/aromatic N) is 4. The minimum atomic E-state index is -0.257. The van der Waals surface area contributed by atoms with Crippen LogP contribution in [0.3, 0.4) is 0 Å². The largest absolute Gasteiger partial charge is 0.274 e. The van der Waals surface area contributed by atoms with Gasteiger partial charge in [-0.2, -0.15) is 15.0 Å². The molecule has 0 aliphatic heterocycles. The third-order valence-electron chi connectivity index (χ3n) is 8.60. The average molecular weight is 689 g/mol. The maximum absolute atomic E-state index is 13.2. The van der Waals surface area contributed by atoms with Gasteiger partial charge >= 0.3 is 0 Å². The summed E-state index contributed by atoms with van der Waals surface area (Å²) in [6, 6.07) is 0. The molecule has 2 amide bonds. The summed E-state index contributed by atoms with van der Waals surface area (Å²) in [4.78, 5) is 40.0. The first kappa shape index (κ1) is 43.4. The summed E-state index contributed by atoms with van der Waals surface area (Å²) < 4.78 is 0. The van der Waals surface area contributed by atoms with Gasteiger partial charge in [0, 0.05) is 12.8 Å². The molecule has 0 spiro atoms. The maximum Gasteiger partial charge on any atom is 0.244 e. The molecule has 6 nitrogen and oxygen atoms in total. The van der Waals surface area contributed by atoms with Gasteiger partial charge in [0.05, 0.1) is 0 Å². The molecule has 0 aliphatic rings. The number of unbranched alkanes of at least 4 members (excludes halogenated alkanes) is 22. The molecular formula is C39H68N4O2S2. The molecule has 1 rings (SSSR count). The molecule has 0 aliphatic carbocycles. The first-order chi connectivity index (χ1) is 23.0. The van der Waals surface area contributed by atoms with E-state index in [0.29, 0.717) is 12.8 Å². The third-order valence-corrected chi connectivity index (χ3v) is 9.00. The van der Waals surface area contributed by atoms with E-state index in [1.165, 1.54) is 103 Å². The number of carbonyl (C=O) groups excluding carboxylic acids is 2. The maximum atomic E-state index is 13.2. The number of thiol groups is 2. The first-order valence-electron chi connectivity index (χ1n) is 19.3. The number of allylic oxidation sites excluding steroid dienone is 4. The highest BCUT2D eigenvalue weighted by molar-refractivity contribution is 7.80. The predicted octanol–water partition coefficient (Wildman–Crippen LogP) is 12.4. The SMILES string of the molecule is CCCCCCCC/C=C\CCCCCCCC(=O)N(C(=O)CCCCCCC/C=C\CCCCCCCC)c1nc(S)nc(S)n1. The van der Waals surface area contributed by atoms with Crippen LogP contribution in [-0.2, 0) is 9.59 Å². The smallest absolute Gasteiger partial charge is 0.244 e. The highest BCUT2D eigenvalue weighted by Crippen LogP contribution is 2.19. The Morgan fingerprint density at radius 3 is 1.11 bits per heavy atom. The summed E-state index contributed by atoms with van der Waals surface area (Å²) in [5.74, 6) is -0.482. The van der Waals surface area contributed by atoms with Crippen molar-refractivity contribution in [3.63, 3.8) is 0 Å². The van der Waals surface area contributed by atoms with Crippen LogP contribution in [0.15, 0.2) is 34.6 Å². The number of hydrogen-bond acceptors (Lipinski definition) is 7. The molecule has 8 heteroatoms. The highest BCUT2D eigenvalue weighted by atomic mass is 32.1. The van der Waals surface area contributed by atoms with Gasteiger partial charge in [-0.1, -0.05) is 141 Å². The lowest BCUT2D eigenvalue weighted by Crippen LogP contribution is -2.38. The van der Waals surface area contributed by atoms with Crippen molar-refractivity contribution >= 4 is 43.0 Å². The zero-order valence-electron chi connectivity index (χ0n) is 30.1. The molecule has 0 unspecified atom stereocenters. The number of hydrogen-bond donors (Lipinski definition) is 2. The molecule has 0 atom stereocenters. The van der Waals surface area contributed by atoms with Crippen molar-refractivity contribution in [3.8, 4) is 0 Å². The van der Waals surface area contributed by atoms with Crippen LogP contribution in [0.4, 0.5) is 5.95 Å². The minimum Gasteiger partial charge on any atom is -0.274 e. The Hall–Kier alpha value is -1.67. The summed E-state index contributed by atoms with van der Waals surface area (Å²) in [5, 5.41) is 0.292. The van der Waals surface area contributed by atoms with E-state index >= 15 is 0 Å². The fourth-order valence-corrected chi connectivity index (χ4v) is 6.17. The fraction of sp³-hybridized carbons (Fsp3) is 0.769. The summed E-state index contributed by atoms with van der Waals surface area (Å²) in [7, 11) is 0. The molecule has 0 aromatic carbocycles. The zero-order chi connectivity index (χ0) is 34.2. The van der Waals surface area contributed by atoms with Crippen molar-refractivity contribution in [1.29, 1.82) is 0 Å². The Morgan fingerprint density at radius 2 is 0.766 bits per heavy atom. The van der Waals surface area contributed by atoms with E-state index in [2.05, 4.69) is 78.4 Å². The molecule has 1 heterocycles. The second-order valence-electron chi connectivity index (χ2n) is 13.0. The molecule has 0 N–H and O–H groups in total. The molecule has 0 saturated heterocycles. The first-order valence-corrected chi connectivity index (χ1v) is 20.2. The summed E-state index contributed by atoms with van der Waals surface area (Å²) in [6.45, 7) is 4.52. The molecule has 0 fully saturated rings. The Bertz CT molecular complexity index is 913. The van der Waals surface area contributed by atoms with Crippen LogP contribution in [0.25, 0.3) is 0 Å². The van der Waals surface area contributed by atoms with E-state index in [1.54, 1.807) is 0 Å². The molecular weight excluding hydrogens is 621 g/mol. The second kappa shape index (κ2) is 31.6. The summed E-state index contributed by atoms with van der Waals surface area (Å²) in [5.41, 5.74) is 0. The molecule has 0 saturated carbocycles. The van der Waals surface area contributed by atoms with Gasteiger partial charge in [0.1, 0.15) is 0 Å². The van der Waals surface area contributed by atoms with Gasteiger partial charge in [-0.3, -0.25) is 9.59 Å². The van der Waals surface area contributed by atoms with Crippen LogP contribution in [0, 0.1) is 0 Å². The molecule has 268 valence electrons. The van der Waals surface area contributed by atoms with Crippen molar-refractivity contribution in [3.05, 3.63) is 24.3 Å². The molecule has 1 aromatic heterocycles. The van der Waals surface area contributed by atoms with Gasteiger partial charge in [0.2, 0.25) is 17.8 Å². The van der Waals surface area contributed by atoms with E-state index < -0.39 is 0 Å². The van der Waals surface area contributed by atoms with E-state index in [9.17, 15) is 9.59 Å². The van der Waals surface area contributed by atoms with Crippen LogP contribution in [0.1, 0.15) is 194 Å². The average Bonchev–Trinajstić information content (AvgIpc) is 3.04. The van der Waals surface area contributed by atoms with Crippen molar-refractivity contribution in [2.24, 2.45) is 0 Å². The molecule has 1 aromatic rings. The van der Waals surface area contributed by atoms with E-state index in [-0.39, 0.29) is 28.1 Å². The number of anilines is 1. The zero-order valence-corrected chi connectivity index (χ0v) is 31.9. The van der Waals surface area contributed by atoms with Crippen molar-refractivity contribution in [1.82, 2.24) is 15.0 Å². The van der Waals surface area contributed by atoms with Gasteiger partial charge in [-0.15, -0.1) is 25.3 Å². The molecule has 47 heavy (non-hydrogen) atoms. The Kier molecular flexibility index (Phi) is 29.1. The Morgan fingerprint density at radius 1 is 0.468 bits per heavy atom. The normalized spacial score (nSPS) is 11.7. The van der Waals surface area contributed by atoms with E-state index in [4.69, 9.17) is 0 Å². The van der Waals surface area contributed by atoms with Gasteiger partial charge in [-0.25, -0.2) is 4.90 Å². The number of imide groups is 1. The van der Waals surface area contributed by atoms with Crippen molar-refractivity contribution < 1.29 is 9.59 Å². The quantitative estimate of drug-likeness (QED) is 0.0461. The van der Waals surface area contributed by atoms with Crippen LogP contribution in [-0.4, -0.2) is 26.8 Å². The fourth-order valence-electron chi connectivity index (χ4n) is 5.72. The van der Waals surface area contributed by atoms with E-state index in [0.717, 1.165) is 69.1 Å². The predicted molar refractivity (Wildman–Crippen MR) is 206 cm³/mol. The van der Waals surface area contributed by atoms with Gasteiger partial charge in [0.25, 0.3) is 0 Å². The van der Waals surface area contributed by atoms with Gasteiger partial charge in [-0.05, 0) is 64.2 Å². The highest BCUT2D eigenvalue weighted by Gasteiger charge is 2.26. The van der Waals surface area contributed by atoms with Crippen LogP contribution >= 0.6 is 25.3 Å². The lowest BCUT2D eigenvalue weighted by atomic mass is 10.1. The van der Waals surface area contributed by atoms with Gasteiger partial charge < -0.3 is 0 Å². The Labute approximate surface area is 299 Å². The standard InChI is InChI=1S/C39H68N4O2S2/c1-3-5-7-9-11-13-15-17-19-21-23-25-27-29-31-33-35(44)43(37-40-38(46)42-39(47)41-37)36(45)34-32-30-28-26-24-22-20-18-16-14-12-10-8-6-4-2/h17-20H,3-16,21-34H2,1-2H3,(H2,40,41,42,46,47)/b19-17-,20-18-. The monoisotopic (exact) mass is 688 g/mol. The van der Waals surface area contributed by atoms with Crippen molar-refractivity contribution in [2.45, 2.75) is 204 Å². The van der Waals surface area contributed by atoms with Crippen LogP contribution in [0.5, 0.6) is 0 Å². The second-order valence-corrected chi connectivity index (χ2v) is 13.8. The van der Waals surface area contributed by atoms with Gasteiger partial charge in [0.15, 0.2) is 10.3 Å². The number of carbonyl (C=O) groups is 2. The molecule has 0 bridgehead atoms. The van der Waals surface area contributed by atoms with Crippen molar-refractivity contribution in [2.75, 3.05) is 4.90 Å². The lowest BCUT2D eigenvalue weighted by Gasteiger charge is -2.19. The third kappa shape index (κ3) is 25.0. The van der Waals surface area contributed by atoms with Crippen LogP contribution < -0.4 is 4.90 Å². The summed E-state index contributed by atoms with van der Waals surface area (Å²) >= 11 is 8.43. The van der Waals surface area contributed by atoms with Crippen LogP contribution in [0.2, 0.25) is 0 Å². The number of aromatic nitrogens is 3. The number of amides is 2. The van der Waals surface area contributed by atoms with E-state index in [1.807, 2.05) is 0 Å². The summed E-state index contributed by atoms with van der Waals surface area (Å²) in [6.07, 6.45) is 41.1. The number of rotatable bonds is 31. The molecule has 0 radical (unpaired) electrons. The lowest BCUT2D eigenvalue weighted by molar-refractivity contribution is -0.126.